The summed E-state index contributed by atoms with van der Waals surface area (Å²) in [6.07, 6.45) is 0.533. The Morgan fingerprint density at radius 2 is 1.75 bits per heavy atom. The molecule has 1 aliphatic heterocycles. The van der Waals surface area contributed by atoms with Crippen LogP contribution in [0.15, 0.2) is 71.2 Å². The number of hydrogen-bond acceptors (Lipinski definition) is 9. The average molecular weight is 496 g/mol. The van der Waals surface area contributed by atoms with E-state index in [9.17, 15) is 19.2 Å². The van der Waals surface area contributed by atoms with Crippen LogP contribution >= 0.6 is 0 Å². The highest BCUT2D eigenvalue weighted by atomic mass is 19.1. The van der Waals surface area contributed by atoms with E-state index in [-0.39, 0.29) is 40.7 Å². The highest BCUT2D eigenvalue weighted by Gasteiger charge is 2.43. The second kappa shape index (κ2) is 11.9. The van der Waals surface area contributed by atoms with Gasteiger partial charge in [0, 0.05) is 26.2 Å². The summed E-state index contributed by atoms with van der Waals surface area (Å²) in [6, 6.07) is 14.3. The Bertz CT molecular complexity index is 1240. The summed E-state index contributed by atoms with van der Waals surface area (Å²) in [7, 11) is 3.83. The lowest BCUT2D eigenvalue weighted by molar-refractivity contribution is -0.139. The Kier molecular flexibility index (Phi) is 8.65. The Hall–Kier alpha value is -4.36. The smallest absolute Gasteiger partial charge is 0.355 e. The molecule has 9 nitrogen and oxygen atoms in total. The summed E-state index contributed by atoms with van der Waals surface area (Å²) < 4.78 is 35.3. The van der Waals surface area contributed by atoms with Crippen LogP contribution in [-0.2, 0) is 23.8 Å². The van der Waals surface area contributed by atoms with Crippen LogP contribution in [-0.4, -0.2) is 46.5 Å². The van der Waals surface area contributed by atoms with Gasteiger partial charge in [0.05, 0.1) is 49.6 Å². The number of ether oxygens (including phenoxy) is 4. The predicted molar refractivity (Wildman–Crippen MR) is 128 cm³/mol. The van der Waals surface area contributed by atoms with Gasteiger partial charge in [0.2, 0.25) is 0 Å². The first kappa shape index (κ1) is 26.2. The molecule has 0 spiro atoms. The van der Waals surface area contributed by atoms with Crippen LogP contribution < -0.4 is 15.4 Å². The number of anilines is 1. The summed E-state index contributed by atoms with van der Waals surface area (Å²) in [6.45, 7) is 0.641. The number of carbonyl (C=O) groups excluding carboxylic acids is 2. The molecule has 0 aromatic heterocycles. The summed E-state index contributed by atoms with van der Waals surface area (Å²) in [5.74, 6) is -3.54. The molecule has 0 fully saturated rings. The summed E-state index contributed by atoms with van der Waals surface area (Å²) >= 11 is 0. The lowest BCUT2D eigenvalue weighted by Crippen LogP contribution is -2.41. The van der Waals surface area contributed by atoms with Gasteiger partial charge in [0.1, 0.15) is 23.1 Å². The van der Waals surface area contributed by atoms with Crippen LogP contribution in [0.5, 0.6) is 5.75 Å². The molecule has 0 radical (unpaired) electrons. The first-order valence-corrected chi connectivity index (χ1v) is 11.0. The summed E-state index contributed by atoms with van der Waals surface area (Å²) in [4.78, 5) is 27.4. The van der Waals surface area contributed by atoms with Gasteiger partial charge in [-0.2, -0.15) is 5.26 Å². The molecular formula is C26H26FN3O6. The number of halogens is 1. The largest absolute Gasteiger partial charge is 0.491 e. The van der Waals surface area contributed by atoms with Crippen molar-refractivity contribution in [2.75, 3.05) is 39.4 Å². The van der Waals surface area contributed by atoms with Gasteiger partial charge in [-0.15, -0.1) is 0 Å². The standard InChI is InChI=1S/C26H26FN3O6/c1-33-12-7-13-36-20-11-10-17(27)14-19(20)30-23(26(32)35-3)22(25(31)34-2)21(18(15-28)24(30)29)16-8-5-4-6-9-16/h4-6,8-11,14,21H,7,12-13,29H2,1-3H3. The SMILES string of the molecule is COCCCOc1ccc(F)cc1N1C(N)=C(C#N)C(c2ccccc2)C(C(=O)OC)=C1C(=O)OC. The maximum Gasteiger partial charge on any atom is 0.355 e. The van der Waals surface area contributed by atoms with Gasteiger partial charge < -0.3 is 24.7 Å². The normalized spacial score (nSPS) is 15.4. The highest BCUT2D eigenvalue weighted by molar-refractivity contribution is 6.06. The molecule has 1 unspecified atom stereocenters. The van der Waals surface area contributed by atoms with Crippen LogP contribution in [0.3, 0.4) is 0 Å². The molecule has 3 rings (SSSR count). The van der Waals surface area contributed by atoms with Gasteiger partial charge in [-0.05, 0) is 17.7 Å². The zero-order valence-electron chi connectivity index (χ0n) is 20.1. The topological polar surface area (TPSA) is 124 Å². The number of benzene rings is 2. The fraction of sp³-hybridized carbons (Fsp3) is 0.269. The number of rotatable bonds is 9. The van der Waals surface area contributed by atoms with Gasteiger partial charge >= 0.3 is 11.9 Å². The molecule has 0 aliphatic carbocycles. The number of carbonyl (C=O) groups is 2. The third-order valence-electron chi connectivity index (χ3n) is 5.52. The second-order valence-corrected chi connectivity index (χ2v) is 7.64. The molecule has 0 amide bonds. The third-order valence-corrected chi connectivity index (χ3v) is 5.52. The van der Waals surface area contributed by atoms with Crippen LogP contribution in [0.1, 0.15) is 17.9 Å². The van der Waals surface area contributed by atoms with Crippen molar-refractivity contribution in [3.63, 3.8) is 0 Å². The quantitative estimate of drug-likeness (QED) is 0.413. The molecular weight excluding hydrogens is 469 g/mol. The highest BCUT2D eigenvalue weighted by Crippen LogP contribution is 2.45. The number of nitrogens with two attached hydrogens (primary N) is 1. The Morgan fingerprint density at radius 3 is 2.36 bits per heavy atom. The van der Waals surface area contributed by atoms with Crippen LogP contribution in [0.25, 0.3) is 0 Å². The molecule has 10 heteroatoms. The molecule has 2 aromatic carbocycles. The van der Waals surface area contributed by atoms with Gasteiger partial charge in [-0.3, -0.25) is 4.90 Å². The summed E-state index contributed by atoms with van der Waals surface area (Å²) in [5.41, 5.74) is 6.45. The van der Waals surface area contributed by atoms with Gasteiger partial charge in [0.15, 0.2) is 0 Å². The third kappa shape index (κ3) is 5.16. The minimum absolute atomic E-state index is 0.00554. The van der Waals surface area contributed by atoms with E-state index in [0.29, 0.717) is 18.6 Å². The number of hydrogen-bond donors (Lipinski definition) is 1. The van der Waals surface area contributed by atoms with Crippen molar-refractivity contribution < 1.29 is 32.9 Å². The van der Waals surface area contributed by atoms with Gasteiger partial charge in [-0.1, -0.05) is 30.3 Å². The molecule has 0 saturated carbocycles. The number of allylic oxidation sites excluding steroid dienone is 1. The van der Waals surface area contributed by atoms with Crippen molar-refractivity contribution in [3.05, 3.63) is 82.6 Å². The predicted octanol–water partition coefficient (Wildman–Crippen LogP) is 3.14. The fourth-order valence-electron chi connectivity index (χ4n) is 3.94. The zero-order chi connectivity index (χ0) is 26.2. The molecule has 2 aromatic rings. The van der Waals surface area contributed by atoms with Crippen LogP contribution in [0, 0.1) is 17.1 Å². The van der Waals surface area contributed by atoms with E-state index < -0.39 is 23.7 Å². The van der Waals surface area contributed by atoms with E-state index in [1.54, 1.807) is 37.4 Å². The van der Waals surface area contributed by atoms with Crippen molar-refractivity contribution in [1.82, 2.24) is 0 Å². The van der Waals surface area contributed by atoms with Crippen LogP contribution in [0.2, 0.25) is 0 Å². The molecule has 188 valence electrons. The van der Waals surface area contributed by atoms with E-state index in [1.165, 1.54) is 12.1 Å². The lowest BCUT2D eigenvalue weighted by atomic mass is 9.81. The Morgan fingerprint density at radius 1 is 1.06 bits per heavy atom. The molecule has 1 heterocycles. The first-order chi connectivity index (χ1) is 17.4. The molecule has 0 bridgehead atoms. The van der Waals surface area contributed by atoms with E-state index in [1.807, 2.05) is 0 Å². The van der Waals surface area contributed by atoms with Gasteiger partial charge in [0.25, 0.3) is 0 Å². The van der Waals surface area contributed by atoms with Crippen molar-refractivity contribution in [3.8, 4) is 11.8 Å². The number of methoxy groups -OCH3 is 3. The maximum atomic E-state index is 14.5. The van der Waals surface area contributed by atoms with Crippen molar-refractivity contribution in [2.45, 2.75) is 12.3 Å². The zero-order valence-corrected chi connectivity index (χ0v) is 20.1. The molecule has 2 N–H and O–H groups in total. The Labute approximate surface area is 208 Å². The van der Waals surface area contributed by atoms with E-state index in [4.69, 9.17) is 24.7 Å². The van der Waals surface area contributed by atoms with E-state index in [2.05, 4.69) is 6.07 Å². The number of nitrogens with zero attached hydrogens (tertiary/aromatic N) is 2. The van der Waals surface area contributed by atoms with E-state index >= 15 is 0 Å². The minimum atomic E-state index is -1.03. The summed E-state index contributed by atoms with van der Waals surface area (Å²) in [5, 5.41) is 10.1. The second-order valence-electron chi connectivity index (χ2n) is 7.64. The van der Waals surface area contributed by atoms with Crippen molar-refractivity contribution in [1.29, 1.82) is 5.26 Å². The molecule has 36 heavy (non-hydrogen) atoms. The van der Waals surface area contributed by atoms with Crippen LogP contribution in [0.4, 0.5) is 10.1 Å². The molecule has 1 aliphatic rings. The maximum absolute atomic E-state index is 14.5. The van der Waals surface area contributed by atoms with E-state index in [0.717, 1.165) is 25.2 Å². The van der Waals surface area contributed by atoms with Crippen molar-refractivity contribution >= 4 is 17.6 Å². The monoisotopic (exact) mass is 495 g/mol. The number of nitriles is 1. The van der Waals surface area contributed by atoms with Gasteiger partial charge in [-0.25, -0.2) is 14.0 Å². The first-order valence-electron chi connectivity index (χ1n) is 11.0. The molecule has 1 atom stereocenters. The molecule has 0 saturated heterocycles. The van der Waals surface area contributed by atoms with Crippen molar-refractivity contribution in [2.24, 2.45) is 5.73 Å². The lowest BCUT2D eigenvalue weighted by Gasteiger charge is -2.36. The number of esters is 2. The minimum Gasteiger partial charge on any atom is -0.491 e. The Balaban J connectivity index is 2.33. The average Bonchev–Trinajstić information content (AvgIpc) is 2.90. The fourth-order valence-corrected chi connectivity index (χ4v) is 3.94.